The van der Waals surface area contributed by atoms with Crippen LogP contribution in [0.4, 0.5) is 0 Å². The van der Waals surface area contributed by atoms with Crippen LogP contribution in [0, 0.1) is 6.92 Å². The van der Waals surface area contributed by atoms with Gasteiger partial charge in [-0.1, -0.05) is 13.8 Å². The molecule has 3 heterocycles. The van der Waals surface area contributed by atoms with Crippen LogP contribution in [0.5, 0.6) is 0 Å². The van der Waals surface area contributed by atoms with Crippen LogP contribution in [-0.2, 0) is 0 Å². The largest absolute Gasteiger partial charge is 0.293 e. The van der Waals surface area contributed by atoms with Crippen molar-refractivity contribution >= 4 is 11.0 Å². The summed E-state index contributed by atoms with van der Waals surface area (Å²) in [4.78, 5) is 13.3. The lowest BCUT2D eigenvalue weighted by Gasteiger charge is -2.11. The van der Waals surface area contributed by atoms with Gasteiger partial charge in [0.2, 0.25) is 0 Å². The molecule has 4 heteroatoms. The Hall–Kier alpha value is -2.23. The van der Waals surface area contributed by atoms with Gasteiger partial charge >= 0.3 is 0 Å². The number of nitrogens with zero attached hydrogens (tertiary/aromatic N) is 4. The molecule has 0 aliphatic rings. The van der Waals surface area contributed by atoms with Crippen molar-refractivity contribution in [3.8, 4) is 5.69 Å². The van der Waals surface area contributed by atoms with E-state index < -0.39 is 0 Å². The van der Waals surface area contributed by atoms with E-state index in [4.69, 9.17) is 4.98 Å². The SMILES string of the molecule is Cc1ccc(-n2c(C(C)C)nc3ccncc32)cn1. The number of rotatable bonds is 2. The van der Waals surface area contributed by atoms with Crippen molar-refractivity contribution < 1.29 is 0 Å². The molecule has 0 N–H and O–H groups in total. The van der Waals surface area contributed by atoms with Gasteiger partial charge in [-0.25, -0.2) is 4.98 Å². The van der Waals surface area contributed by atoms with Gasteiger partial charge in [-0.15, -0.1) is 0 Å². The molecule has 0 unspecified atom stereocenters. The van der Waals surface area contributed by atoms with Crippen LogP contribution in [0.3, 0.4) is 0 Å². The smallest absolute Gasteiger partial charge is 0.117 e. The Morgan fingerprint density at radius 2 is 1.95 bits per heavy atom. The quantitative estimate of drug-likeness (QED) is 0.703. The lowest BCUT2D eigenvalue weighted by Crippen LogP contribution is -2.03. The molecule has 0 aliphatic carbocycles. The lowest BCUT2D eigenvalue weighted by atomic mass is 10.2. The Morgan fingerprint density at radius 3 is 2.63 bits per heavy atom. The van der Waals surface area contributed by atoms with E-state index in [0.29, 0.717) is 5.92 Å². The fraction of sp³-hybridized carbons (Fsp3) is 0.267. The fourth-order valence-electron chi connectivity index (χ4n) is 2.19. The molecular formula is C15H16N4. The first-order valence-corrected chi connectivity index (χ1v) is 6.42. The summed E-state index contributed by atoms with van der Waals surface area (Å²) in [6.45, 7) is 6.28. The van der Waals surface area contributed by atoms with E-state index in [-0.39, 0.29) is 0 Å². The first-order valence-electron chi connectivity index (χ1n) is 6.42. The minimum Gasteiger partial charge on any atom is -0.293 e. The van der Waals surface area contributed by atoms with E-state index >= 15 is 0 Å². The first-order chi connectivity index (χ1) is 9.16. The van der Waals surface area contributed by atoms with E-state index in [0.717, 1.165) is 28.2 Å². The Kier molecular flexibility index (Phi) is 2.78. The minimum atomic E-state index is 0.341. The highest BCUT2D eigenvalue weighted by Gasteiger charge is 2.15. The molecular weight excluding hydrogens is 236 g/mol. The van der Waals surface area contributed by atoms with Gasteiger partial charge in [-0.05, 0) is 25.1 Å². The monoisotopic (exact) mass is 252 g/mol. The second-order valence-electron chi connectivity index (χ2n) is 4.98. The molecule has 0 bridgehead atoms. The number of hydrogen-bond donors (Lipinski definition) is 0. The van der Waals surface area contributed by atoms with Crippen molar-refractivity contribution in [1.29, 1.82) is 0 Å². The maximum atomic E-state index is 4.71. The predicted molar refractivity (Wildman–Crippen MR) is 75.5 cm³/mol. The third-order valence-electron chi connectivity index (χ3n) is 3.15. The molecule has 3 aromatic heterocycles. The molecule has 3 aromatic rings. The molecule has 19 heavy (non-hydrogen) atoms. The lowest BCUT2D eigenvalue weighted by molar-refractivity contribution is 0.758. The second kappa shape index (κ2) is 4.46. The van der Waals surface area contributed by atoms with Gasteiger partial charge < -0.3 is 0 Å². The highest BCUT2D eigenvalue weighted by Crippen LogP contribution is 2.25. The van der Waals surface area contributed by atoms with Gasteiger partial charge in [0.05, 0.1) is 29.1 Å². The molecule has 0 radical (unpaired) electrons. The van der Waals surface area contributed by atoms with Crippen LogP contribution in [0.2, 0.25) is 0 Å². The average Bonchev–Trinajstić information content (AvgIpc) is 2.79. The molecule has 0 aliphatic heterocycles. The zero-order valence-electron chi connectivity index (χ0n) is 11.3. The summed E-state index contributed by atoms with van der Waals surface area (Å²) in [6, 6.07) is 6.03. The molecule has 0 aromatic carbocycles. The molecule has 0 amide bonds. The van der Waals surface area contributed by atoms with E-state index in [1.807, 2.05) is 31.5 Å². The summed E-state index contributed by atoms with van der Waals surface area (Å²) >= 11 is 0. The maximum absolute atomic E-state index is 4.71. The minimum absolute atomic E-state index is 0.341. The third kappa shape index (κ3) is 1.99. The number of aromatic nitrogens is 4. The standard InChI is InChI=1S/C15H16N4/c1-10(2)15-18-13-6-7-16-9-14(13)19(15)12-5-4-11(3)17-8-12/h4-10H,1-3H3. The summed E-state index contributed by atoms with van der Waals surface area (Å²) in [5.74, 6) is 1.38. The Bertz CT molecular complexity index is 711. The summed E-state index contributed by atoms with van der Waals surface area (Å²) in [6.07, 6.45) is 5.51. The molecule has 0 atom stereocenters. The predicted octanol–water partition coefficient (Wildman–Crippen LogP) is 3.25. The molecule has 0 saturated carbocycles. The Labute approximate surface area is 112 Å². The van der Waals surface area contributed by atoms with E-state index in [2.05, 4.69) is 34.4 Å². The van der Waals surface area contributed by atoms with Gasteiger partial charge in [0, 0.05) is 17.8 Å². The molecule has 4 nitrogen and oxygen atoms in total. The van der Waals surface area contributed by atoms with Gasteiger partial charge in [-0.2, -0.15) is 0 Å². The van der Waals surface area contributed by atoms with Crippen LogP contribution in [0.1, 0.15) is 31.3 Å². The van der Waals surface area contributed by atoms with Crippen LogP contribution in [-0.4, -0.2) is 19.5 Å². The van der Waals surface area contributed by atoms with Gasteiger partial charge in [-0.3, -0.25) is 14.5 Å². The number of aryl methyl sites for hydroxylation is 1. The summed E-state index contributed by atoms with van der Waals surface area (Å²) in [5.41, 5.74) is 4.04. The van der Waals surface area contributed by atoms with Crippen molar-refractivity contribution in [2.24, 2.45) is 0 Å². The number of pyridine rings is 2. The van der Waals surface area contributed by atoms with Gasteiger partial charge in [0.1, 0.15) is 5.82 Å². The third-order valence-corrected chi connectivity index (χ3v) is 3.15. The average molecular weight is 252 g/mol. The number of fused-ring (bicyclic) bond motifs is 1. The Balaban J connectivity index is 2.31. The van der Waals surface area contributed by atoms with Crippen LogP contribution in [0.25, 0.3) is 16.7 Å². The van der Waals surface area contributed by atoms with Crippen LogP contribution >= 0.6 is 0 Å². The maximum Gasteiger partial charge on any atom is 0.117 e. The molecule has 0 saturated heterocycles. The molecule has 3 rings (SSSR count). The summed E-state index contributed by atoms with van der Waals surface area (Å²) in [7, 11) is 0. The van der Waals surface area contributed by atoms with Crippen LogP contribution < -0.4 is 0 Å². The zero-order chi connectivity index (χ0) is 13.4. The second-order valence-corrected chi connectivity index (χ2v) is 4.98. The molecule has 0 fully saturated rings. The van der Waals surface area contributed by atoms with Crippen molar-refractivity contribution in [1.82, 2.24) is 19.5 Å². The first kappa shape index (κ1) is 11.8. The van der Waals surface area contributed by atoms with Crippen molar-refractivity contribution in [3.63, 3.8) is 0 Å². The Morgan fingerprint density at radius 1 is 1.11 bits per heavy atom. The summed E-state index contributed by atoms with van der Waals surface area (Å²) in [5, 5.41) is 0. The molecule has 96 valence electrons. The fourth-order valence-corrected chi connectivity index (χ4v) is 2.19. The zero-order valence-corrected chi connectivity index (χ0v) is 11.3. The van der Waals surface area contributed by atoms with Gasteiger partial charge in [0.15, 0.2) is 0 Å². The topological polar surface area (TPSA) is 43.6 Å². The normalized spacial score (nSPS) is 11.4. The summed E-state index contributed by atoms with van der Waals surface area (Å²) < 4.78 is 2.14. The highest BCUT2D eigenvalue weighted by molar-refractivity contribution is 5.77. The molecule has 0 spiro atoms. The number of hydrogen-bond acceptors (Lipinski definition) is 3. The van der Waals surface area contributed by atoms with E-state index in [9.17, 15) is 0 Å². The van der Waals surface area contributed by atoms with Crippen molar-refractivity contribution in [3.05, 3.63) is 48.3 Å². The number of imidazole rings is 1. The van der Waals surface area contributed by atoms with Crippen LogP contribution in [0.15, 0.2) is 36.8 Å². The van der Waals surface area contributed by atoms with Gasteiger partial charge in [0.25, 0.3) is 0 Å². The van der Waals surface area contributed by atoms with E-state index in [1.54, 1.807) is 6.20 Å². The van der Waals surface area contributed by atoms with Crippen molar-refractivity contribution in [2.45, 2.75) is 26.7 Å². The highest BCUT2D eigenvalue weighted by atomic mass is 15.1. The van der Waals surface area contributed by atoms with E-state index in [1.165, 1.54) is 0 Å². The van der Waals surface area contributed by atoms with Crippen molar-refractivity contribution in [2.75, 3.05) is 0 Å².